The van der Waals surface area contributed by atoms with Crippen molar-refractivity contribution in [3.63, 3.8) is 0 Å². The van der Waals surface area contributed by atoms with Gasteiger partial charge in [0.05, 0.1) is 10.6 Å². The van der Waals surface area contributed by atoms with Gasteiger partial charge in [0, 0.05) is 30.2 Å². The molecule has 2 amide bonds. The second kappa shape index (κ2) is 8.26. The summed E-state index contributed by atoms with van der Waals surface area (Å²) in [5.74, 6) is -0.405. The van der Waals surface area contributed by atoms with E-state index < -0.39 is 10.8 Å². The zero-order chi connectivity index (χ0) is 20.3. The van der Waals surface area contributed by atoms with Gasteiger partial charge in [0.2, 0.25) is 5.91 Å². The number of anilines is 1. The van der Waals surface area contributed by atoms with Gasteiger partial charge in [0.1, 0.15) is 12.3 Å². The third-order valence-electron chi connectivity index (χ3n) is 4.44. The number of ether oxygens (including phenoxy) is 1. The first-order chi connectivity index (χ1) is 13.4. The molecular formula is C19H18ClN3O5. The number of non-ortho nitro benzene ring substituents is 1. The smallest absolute Gasteiger partial charge is 0.271 e. The number of nitro benzene ring substituents is 1. The number of rotatable bonds is 6. The molecule has 0 N–H and O–H groups in total. The van der Waals surface area contributed by atoms with Crippen molar-refractivity contribution in [3.8, 4) is 5.75 Å². The van der Waals surface area contributed by atoms with Crippen molar-refractivity contribution < 1.29 is 19.2 Å². The van der Waals surface area contributed by atoms with Gasteiger partial charge in [-0.15, -0.1) is 0 Å². The molecule has 0 aliphatic carbocycles. The Bertz CT molecular complexity index is 934. The van der Waals surface area contributed by atoms with Crippen LogP contribution in [0.25, 0.3) is 0 Å². The van der Waals surface area contributed by atoms with E-state index in [-0.39, 0.29) is 30.4 Å². The highest BCUT2D eigenvalue weighted by atomic mass is 35.5. The van der Waals surface area contributed by atoms with Gasteiger partial charge in [0.15, 0.2) is 6.61 Å². The number of carbonyl (C=O) groups excluding carboxylic acids is 2. The lowest BCUT2D eigenvalue weighted by molar-refractivity contribution is -0.384. The minimum absolute atomic E-state index is 0.182. The van der Waals surface area contributed by atoms with Crippen LogP contribution in [-0.4, -0.2) is 41.3 Å². The molecule has 0 bridgehead atoms. The van der Waals surface area contributed by atoms with Crippen molar-refractivity contribution >= 4 is 34.8 Å². The lowest BCUT2D eigenvalue weighted by Gasteiger charge is -2.31. The van der Waals surface area contributed by atoms with Crippen LogP contribution in [0.15, 0.2) is 42.5 Å². The van der Waals surface area contributed by atoms with Gasteiger partial charge in [-0.05, 0) is 24.6 Å². The molecule has 8 nitrogen and oxygen atoms in total. The lowest BCUT2D eigenvalue weighted by Crippen LogP contribution is -2.46. The van der Waals surface area contributed by atoms with Crippen molar-refractivity contribution in [1.82, 2.24) is 4.90 Å². The average Bonchev–Trinajstić information content (AvgIpc) is 2.69. The third kappa shape index (κ3) is 4.07. The van der Waals surface area contributed by atoms with Crippen LogP contribution in [0.4, 0.5) is 11.4 Å². The molecule has 3 rings (SSSR count). The molecule has 0 aromatic heterocycles. The molecule has 1 heterocycles. The van der Waals surface area contributed by atoms with Gasteiger partial charge in [-0.1, -0.05) is 29.8 Å². The van der Waals surface area contributed by atoms with Crippen LogP contribution in [0.1, 0.15) is 12.5 Å². The molecule has 0 radical (unpaired) electrons. The summed E-state index contributed by atoms with van der Waals surface area (Å²) in [4.78, 5) is 38.5. The van der Waals surface area contributed by atoms with Crippen molar-refractivity contribution in [2.45, 2.75) is 13.5 Å². The summed E-state index contributed by atoms with van der Waals surface area (Å²) in [7, 11) is 0. The Balaban J connectivity index is 1.83. The number of nitro groups is 1. The van der Waals surface area contributed by atoms with E-state index in [1.165, 1.54) is 23.1 Å². The van der Waals surface area contributed by atoms with E-state index in [0.717, 1.165) is 5.56 Å². The van der Waals surface area contributed by atoms with Crippen molar-refractivity contribution in [2.24, 2.45) is 0 Å². The van der Waals surface area contributed by atoms with Gasteiger partial charge in [-0.3, -0.25) is 24.6 Å². The summed E-state index contributed by atoms with van der Waals surface area (Å²) in [5.41, 5.74) is 0.828. The number of carbonyl (C=O) groups is 2. The molecule has 0 saturated carbocycles. The Labute approximate surface area is 166 Å². The van der Waals surface area contributed by atoms with E-state index in [1.807, 2.05) is 19.1 Å². The molecule has 1 aliphatic heterocycles. The standard InChI is InChI=1S/C19H18ClN3O5/c1-2-21(10-13-5-3-4-6-15(13)20)18(24)11-22-16-9-14(23(26)27)7-8-17(16)28-12-19(22)25/h3-9H,2,10-12H2,1H3. The van der Waals surface area contributed by atoms with Crippen LogP contribution in [0, 0.1) is 10.1 Å². The van der Waals surface area contributed by atoms with Gasteiger partial charge >= 0.3 is 0 Å². The molecule has 0 saturated heterocycles. The number of amides is 2. The minimum atomic E-state index is -0.560. The molecule has 1 aliphatic rings. The summed E-state index contributed by atoms with van der Waals surface area (Å²) in [5, 5.41) is 11.6. The molecular weight excluding hydrogens is 386 g/mol. The maximum atomic E-state index is 12.8. The minimum Gasteiger partial charge on any atom is -0.482 e. The molecule has 0 fully saturated rings. The SMILES string of the molecule is CCN(Cc1ccccc1Cl)C(=O)CN1C(=O)COc2ccc([N+](=O)[O-])cc21. The Morgan fingerprint density at radius 3 is 2.75 bits per heavy atom. The van der Waals surface area contributed by atoms with Crippen molar-refractivity contribution in [2.75, 3.05) is 24.6 Å². The molecule has 9 heteroatoms. The van der Waals surface area contributed by atoms with E-state index in [9.17, 15) is 19.7 Å². The monoisotopic (exact) mass is 403 g/mol. The number of benzene rings is 2. The normalized spacial score (nSPS) is 12.9. The molecule has 146 valence electrons. The molecule has 2 aromatic carbocycles. The maximum Gasteiger partial charge on any atom is 0.271 e. The molecule has 0 atom stereocenters. The van der Waals surface area contributed by atoms with E-state index in [2.05, 4.69) is 0 Å². The van der Waals surface area contributed by atoms with Crippen LogP contribution < -0.4 is 9.64 Å². The number of nitrogens with zero attached hydrogens (tertiary/aromatic N) is 3. The number of hydrogen-bond acceptors (Lipinski definition) is 5. The number of hydrogen-bond donors (Lipinski definition) is 0. The predicted molar refractivity (Wildman–Crippen MR) is 103 cm³/mol. The van der Waals surface area contributed by atoms with E-state index >= 15 is 0 Å². The Hall–Kier alpha value is -3.13. The number of likely N-dealkylation sites (N-methyl/N-ethyl adjacent to an activating group) is 1. The second-order valence-electron chi connectivity index (χ2n) is 6.18. The quantitative estimate of drug-likeness (QED) is 0.546. The zero-order valence-electron chi connectivity index (χ0n) is 15.1. The Morgan fingerprint density at radius 1 is 1.32 bits per heavy atom. The van der Waals surface area contributed by atoms with Crippen molar-refractivity contribution in [3.05, 3.63) is 63.2 Å². The highest BCUT2D eigenvalue weighted by Gasteiger charge is 2.30. The number of fused-ring (bicyclic) bond motifs is 1. The van der Waals surface area contributed by atoms with Crippen LogP contribution in [-0.2, 0) is 16.1 Å². The van der Waals surface area contributed by atoms with Gasteiger partial charge in [-0.2, -0.15) is 0 Å². The van der Waals surface area contributed by atoms with E-state index in [0.29, 0.717) is 23.9 Å². The van der Waals surface area contributed by atoms with Gasteiger partial charge in [-0.25, -0.2) is 0 Å². The zero-order valence-corrected chi connectivity index (χ0v) is 15.9. The summed E-state index contributed by atoms with van der Waals surface area (Å²) in [6.45, 7) is 2.08. The lowest BCUT2D eigenvalue weighted by atomic mass is 10.2. The average molecular weight is 404 g/mol. The van der Waals surface area contributed by atoms with Gasteiger partial charge in [0.25, 0.3) is 11.6 Å². The first-order valence-electron chi connectivity index (χ1n) is 8.63. The largest absolute Gasteiger partial charge is 0.482 e. The molecule has 0 unspecified atom stereocenters. The fourth-order valence-corrected chi connectivity index (χ4v) is 3.12. The highest BCUT2D eigenvalue weighted by Crippen LogP contribution is 2.35. The van der Waals surface area contributed by atoms with Crippen LogP contribution in [0.2, 0.25) is 5.02 Å². The van der Waals surface area contributed by atoms with Gasteiger partial charge < -0.3 is 9.64 Å². The van der Waals surface area contributed by atoms with Crippen LogP contribution >= 0.6 is 11.6 Å². The fourth-order valence-electron chi connectivity index (χ4n) is 2.92. The fraction of sp³-hybridized carbons (Fsp3) is 0.263. The van der Waals surface area contributed by atoms with E-state index in [4.69, 9.17) is 16.3 Å². The summed E-state index contributed by atoms with van der Waals surface area (Å²) in [6, 6.07) is 11.2. The molecule has 0 spiro atoms. The third-order valence-corrected chi connectivity index (χ3v) is 4.81. The summed E-state index contributed by atoms with van der Waals surface area (Å²) in [6.07, 6.45) is 0. The van der Waals surface area contributed by atoms with E-state index in [1.54, 1.807) is 17.0 Å². The Kier molecular flexibility index (Phi) is 5.79. The molecule has 2 aromatic rings. The predicted octanol–water partition coefficient (Wildman–Crippen LogP) is 3.02. The second-order valence-corrected chi connectivity index (χ2v) is 6.58. The first kappa shape index (κ1) is 19.6. The maximum absolute atomic E-state index is 12.8. The summed E-state index contributed by atoms with van der Waals surface area (Å²) < 4.78 is 5.32. The Morgan fingerprint density at radius 2 is 2.07 bits per heavy atom. The number of halogens is 1. The van der Waals surface area contributed by atoms with Crippen LogP contribution in [0.5, 0.6) is 5.75 Å². The highest BCUT2D eigenvalue weighted by molar-refractivity contribution is 6.31. The first-order valence-corrected chi connectivity index (χ1v) is 9.01. The van der Waals surface area contributed by atoms with Crippen LogP contribution in [0.3, 0.4) is 0 Å². The molecule has 28 heavy (non-hydrogen) atoms. The van der Waals surface area contributed by atoms with Crippen molar-refractivity contribution in [1.29, 1.82) is 0 Å². The summed E-state index contributed by atoms with van der Waals surface area (Å²) >= 11 is 6.18. The topological polar surface area (TPSA) is 93.0 Å².